The van der Waals surface area contributed by atoms with Gasteiger partial charge in [0.1, 0.15) is 0 Å². The summed E-state index contributed by atoms with van der Waals surface area (Å²) in [6.07, 6.45) is 0.828. The summed E-state index contributed by atoms with van der Waals surface area (Å²) in [4.78, 5) is 15.0. The summed E-state index contributed by atoms with van der Waals surface area (Å²) < 4.78 is 0.714. The molecule has 7 heteroatoms. The molecular formula is C13H14BrN3O2S. The zero-order valence-corrected chi connectivity index (χ0v) is 13.3. The Morgan fingerprint density at radius 1 is 1.50 bits per heavy atom. The summed E-state index contributed by atoms with van der Waals surface area (Å²) in [5, 5.41) is 17.3. The quantitative estimate of drug-likeness (QED) is 0.489. The fraction of sp³-hybridized carbons (Fsp3) is 0.308. The van der Waals surface area contributed by atoms with Gasteiger partial charge in [-0.05, 0) is 19.1 Å². The van der Waals surface area contributed by atoms with Gasteiger partial charge in [0.15, 0.2) is 0 Å². The average Bonchev–Trinajstić information content (AvgIpc) is 2.81. The highest BCUT2D eigenvalue weighted by Gasteiger charge is 2.13. The standard InChI is InChI=1S/C13H14BrN3O2S/c1-9-16-12(8-20-9)4-5-15-7-10-2-3-11(14)6-13(10)17(18)19/h2-3,6,8,15H,4-5,7H2,1H3. The highest BCUT2D eigenvalue weighted by Crippen LogP contribution is 2.23. The minimum atomic E-state index is -0.356. The molecule has 0 spiro atoms. The molecular weight excluding hydrogens is 342 g/mol. The summed E-state index contributed by atoms with van der Waals surface area (Å²) >= 11 is 4.88. The molecule has 0 atom stereocenters. The number of benzene rings is 1. The van der Waals surface area contributed by atoms with Gasteiger partial charge in [-0.25, -0.2) is 4.98 Å². The number of thiazole rings is 1. The Bertz CT molecular complexity index is 615. The van der Waals surface area contributed by atoms with Crippen LogP contribution in [0.2, 0.25) is 0 Å². The molecule has 106 valence electrons. The van der Waals surface area contributed by atoms with E-state index in [1.165, 1.54) is 6.07 Å². The van der Waals surface area contributed by atoms with Gasteiger partial charge in [-0.2, -0.15) is 0 Å². The van der Waals surface area contributed by atoms with E-state index in [9.17, 15) is 10.1 Å². The summed E-state index contributed by atoms with van der Waals surface area (Å²) in [6, 6.07) is 5.11. The van der Waals surface area contributed by atoms with Crippen molar-refractivity contribution in [2.45, 2.75) is 19.9 Å². The van der Waals surface area contributed by atoms with Crippen molar-refractivity contribution in [1.29, 1.82) is 0 Å². The molecule has 0 aliphatic rings. The Balaban J connectivity index is 1.89. The van der Waals surface area contributed by atoms with Crippen LogP contribution < -0.4 is 5.32 Å². The zero-order chi connectivity index (χ0) is 14.5. The summed E-state index contributed by atoms with van der Waals surface area (Å²) in [7, 11) is 0. The van der Waals surface area contributed by atoms with E-state index in [1.807, 2.05) is 18.4 Å². The van der Waals surface area contributed by atoms with E-state index >= 15 is 0 Å². The monoisotopic (exact) mass is 355 g/mol. The predicted octanol–water partition coefficient (Wildman–Crippen LogP) is 3.45. The van der Waals surface area contributed by atoms with Gasteiger partial charge in [-0.1, -0.05) is 15.9 Å². The van der Waals surface area contributed by atoms with Gasteiger partial charge in [0.2, 0.25) is 0 Å². The number of hydrogen-bond donors (Lipinski definition) is 1. The van der Waals surface area contributed by atoms with Gasteiger partial charge in [-0.3, -0.25) is 10.1 Å². The summed E-state index contributed by atoms with van der Waals surface area (Å²) in [6.45, 7) is 3.20. The number of nitrogens with zero attached hydrogens (tertiary/aromatic N) is 2. The molecule has 2 rings (SSSR count). The van der Waals surface area contributed by atoms with Gasteiger partial charge in [0.25, 0.3) is 5.69 Å². The molecule has 2 aromatic rings. The second-order valence-electron chi connectivity index (χ2n) is 4.31. The van der Waals surface area contributed by atoms with Crippen LogP contribution in [-0.2, 0) is 13.0 Å². The summed E-state index contributed by atoms with van der Waals surface area (Å²) in [5.74, 6) is 0. The number of halogens is 1. The molecule has 0 fully saturated rings. The molecule has 5 nitrogen and oxygen atoms in total. The van der Waals surface area contributed by atoms with Gasteiger partial charge in [0, 0.05) is 41.0 Å². The fourth-order valence-corrected chi connectivity index (χ4v) is 2.82. The first-order valence-corrected chi connectivity index (χ1v) is 7.78. The second kappa shape index (κ2) is 6.92. The number of aryl methyl sites for hydroxylation is 1. The van der Waals surface area contributed by atoms with E-state index in [-0.39, 0.29) is 10.6 Å². The molecule has 0 saturated carbocycles. The van der Waals surface area contributed by atoms with Gasteiger partial charge >= 0.3 is 0 Å². The van der Waals surface area contributed by atoms with Crippen LogP contribution in [0, 0.1) is 17.0 Å². The molecule has 0 radical (unpaired) electrons. The largest absolute Gasteiger partial charge is 0.312 e. The lowest BCUT2D eigenvalue weighted by Crippen LogP contribution is -2.17. The minimum Gasteiger partial charge on any atom is -0.312 e. The molecule has 20 heavy (non-hydrogen) atoms. The van der Waals surface area contributed by atoms with Crippen molar-refractivity contribution >= 4 is 33.0 Å². The van der Waals surface area contributed by atoms with E-state index in [4.69, 9.17) is 0 Å². The third-order valence-electron chi connectivity index (χ3n) is 2.78. The Labute approximate surface area is 129 Å². The van der Waals surface area contributed by atoms with Crippen LogP contribution in [-0.4, -0.2) is 16.5 Å². The van der Waals surface area contributed by atoms with Crippen LogP contribution in [0.1, 0.15) is 16.3 Å². The molecule has 0 unspecified atom stereocenters. The predicted molar refractivity (Wildman–Crippen MR) is 83.1 cm³/mol. The minimum absolute atomic E-state index is 0.136. The lowest BCUT2D eigenvalue weighted by Gasteiger charge is -2.05. The first-order valence-electron chi connectivity index (χ1n) is 6.11. The van der Waals surface area contributed by atoms with Crippen molar-refractivity contribution in [3.05, 3.63) is 54.4 Å². The molecule has 1 N–H and O–H groups in total. The maximum Gasteiger partial charge on any atom is 0.275 e. The zero-order valence-electron chi connectivity index (χ0n) is 10.9. The number of aromatic nitrogens is 1. The first kappa shape index (κ1) is 15.1. The van der Waals surface area contributed by atoms with Crippen molar-refractivity contribution in [1.82, 2.24) is 10.3 Å². The van der Waals surface area contributed by atoms with E-state index in [0.717, 1.165) is 23.7 Å². The molecule has 0 amide bonds. The number of nitro groups is 1. The highest BCUT2D eigenvalue weighted by atomic mass is 79.9. The summed E-state index contributed by atoms with van der Waals surface area (Å²) in [5.41, 5.74) is 1.88. The Morgan fingerprint density at radius 2 is 2.30 bits per heavy atom. The van der Waals surface area contributed by atoms with Crippen LogP contribution in [0.25, 0.3) is 0 Å². The van der Waals surface area contributed by atoms with Crippen LogP contribution in [0.15, 0.2) is 28.1 Å². The Hall–Kier alpha value is -1.31. The maximum atomic E-state index is 11.0. The number of rotatable bonds is 6. The first-order chi connectivity index (χ1) is 9.56. The van der Waals surface area contributed by atoms with E-state index in [2.05, 4.69) is 26.2 Å². The van der Waals surface area contributed by atoms with Crippen molar-refractivity contribution < 1.29 is 4.92 Å². The normalized spacial score (nSPS) is 10.7. The van der Waals surface area contributed by atoms with Crippen LogP contribution in [0.3, 0.4) is 0 Å². The molecule has 0 aliphatic carbocycles. The Kier molecular flexibility index (Phi) is 5.22. The van der Waals surface area contributed by atoms with Crippen molar-refractivity contribution in [2.24, 2.45) is 0 Å². The molecule has 1 aromatic carbocycles. The SMILES string of the molecule is Cc1nc(CCNCc2ccc(Br)cc2[N+](=O)[O-])cs1. The van der Waals surface area contributed by atoms with Crippen LogP contribution in [0.5, 0.6) is 0 Å². The van der Waals surface area contributed by atoms with Crippen molar-refractivity contribution in [3.8, 4) is 0 Å². The Morgan fingerprint density at radius 3 is 2.95 bits per heavy atom. The van der Waals surface area contributed by atoms with Crippen LogP contribution >= 0.6 is 27.3 Å². The third-order valence-corrected chi connectivity index (χ3v) is 4.10. The van der Waals surface area contributed by atoms with Crippen LogP contribution in [0.4, 0.5) is 5.69 Å². The van der Waals surface area contributed by atoms with Gasteiger partial charge in [0.05, 0.1) is 15.6 Å². The second-order valence-corrected chi connectivity index (χ2v) is 6.29. The number of hydrogen-bond acceptors (Lipinski definition) is 5. The molecule has 0 aliphatic heterocycles. The molecule has 0 saturated heterocycles. The lowest BCUT2D eigenvalue weighted by atomic mass is 10.2. The van der Waals surface area contributed by atoms with E-state index in [1.54, 1.807) is 17.4 Å². The maximum absolute atomic E-state index is 11.0. The van der Waals surface area contributed by atoms with Gasteiger partial charge < -0.3 is 5.32 Å². The lowest BCUT2D eigenvalue weighted by molar-refractivity contribution is -0.385. The third kappa shape index (κ3) is 4.09. The average molecular weight is 356 g/mol. The molecule has 1 heterocycles. The molecule has 0 bridgehead atoms. The van der Waals surface area contributed by atoms with E-state index < -0.39 is 0 Å². The van der Waals surface area contributed by atoms with Gasteiger partial charge in [-0.15, -0.1) is 11.3 Å². The van der Waals surface area contributed by atoms with Crippen molar-refractivity contribution in [2.75, 3.05) is 6.54 Å². The number of nitrogens with one attached hydrogen (secondary N) is 1. The smallest absolute Gasteiger partial charge is 0.275 e. The van der Waals surface area contributed by atoms with E-state index in [0.29, 0.717) is 16.6 Å². The topological polar surface area (TPSA) is 68.1 Å². The fourth-order valence-electron chi connectivity index (χ4n) is 1.82. The molecule has 1 aromatic heterocycles. The number of nitro benzene ring substituents is 1. The van der Waals surface area contributed by atoms with Crippen molar-refractivity contribution in [3.63, 3.8) is 0 Å². The highest BCUT2D eigenvalue weighted by molar-refractivity contribution is 9.10.